The van der Waals surface area contributed by atoms with Crippen molar-refractivity contribution in [2.24, 2.45) is 0 Å². The van der Waals surface area contributed by atoms with E-state index in [-0.39, 0.29) is 0 Å². The number of benzene rings is 2. The summed E-state index contributed by atoms with van der Waals surface area (Å²) in [6.45, 7) is 4.38. The first-order chi connectivity index (χ1) is 15.1. The van der Waals surface area contributed by atoms with Crippen molar-refractivity contribution in [2.75, 3.05) is 32.8 Å². The predicted octanol–water partition coefficient (Wildman–Crippen LogP) is 0.424. The number of morpholine rings is 1. The van der Waals surface area contributed by atoms with Gasteiger partial charge in [0.2, 0.25) is 0 Å². The van der Waals surface area contributed by atoms with Crippen LogP contribution in [0.25, 0.3) is 17.7 Å². The number of fused-ring (bicyclic) bond motifs is 2. The molecule has 158 valence electrons. The van der Waals surface area contributed by atoms with Crippen molar-refractivity contribution in [3.05, 3.63) is 76.9 Å². The first kappa shape index (κ1) is 22.0. The summed E-state index contributed by atoms with van der Waals surface area (Å²) >= 11 is 0. The molecule has 0 unspecified atom stereocenters. The Morgan fingerprint density at radius 3 is 1.94 bits per heavy atom. The Labute approximate surface area is 181 Å². The first-order valence-corrected chi connectivity index (χ1v) is 9.84. The largest absolute Gasteiger partial charge is 0.543 e. The second-order valence-corrected chi connectivity index (χ2v) is 6.85. The molecule has 0 saturated carbocycles. The third kappa shape index (κ3) is 6.16. The molecule has 6 heteroatoms. The van der Waals surface area contributed by atoms with Gasteiger partial charge in [-0.15, -0.1) is 0 Å². The minimum atomic E-state index is -2.19. The van der Waals surface area contributed by atoms with Crippen molar-refractivity contribution in [3.63, 3.8) is 0 Å². The van der Waals surface area contributed by atoms with E-state index in [0.717, 1.165) is 32.8 Å². The number of ether oxygens (including phenoxy) is 1. The second-order valence-electron chi connectivity index (χ2n) is 6.85. The maximum atomic E-state index is 8.93. The third-order valence-corrected chi connectivity index (χ3v) is 4.84. The summed E-state index contributed by atoms with van der Waals surface area (Å²) in [5, 5.41) is 17.9. The topological polar surface area (TPSA) is 92.7 Å². The molecular formula is C25H21NO5-2. The van der Waals surface area contributed by atoms with Crippen LogP contribution in [0.2, 0.25) is 0 Å². The van der Waals surface area contributed by atoms with E-state index in [1.807, 2.05) is 0 Å². The Bertz CT molecular complexity index is 1010. The highest BCUT2D eigenvalue weighted by Crippen LogP contribution is 2.33. The minimum Gasteiger partial charge on any atom is -0.543 e. The molecule has 0 amide bonds. The molecule has 0 aromatic heterocycles. The molecule has 1 fully saturated rings. The number of carboxylic acid groups (broad SMARTS) is 2. The van der Waals surface area contributed by atoms with E-state index < -0.39 is 11.9 Å². The Kier molecular flexibility index (Phi) is 7.77. The van der Waals surface area contributed by atoms with Crippen LogP contribution in [0, 0.1) is 11.8 Å². The molecule has 0 atom stereocenters. The van der Waals surface area contributed by atoms with Gasteiger partial charge in [0.15, 0.2) is 0 Å². The van der Waals surface area contributed by atoms with Crippen LogP contribution in [-0.4, -0.2) is 49.7 Å². The number of carboxylic acids is 2. The zero-order valence-corrected chi connectivity index (χ0v) is 16.9. The number of aliphatic carboxylic acids is 2. The van der Waals surface area contributed by atoms with Crippen molar-refractivity contribution in [1.29, 1.82) is 0 Å². The van der Waals surface area contributed by atoms with Crippen LogP contribution < -0.4 is 10.2 Å². The van der Waals surface area contributed by atoms with Gasteiger partial charge in [-0.25, -0.2) is 0 Å². The maximum absolute atomic E-state index is 8.93. The molecule has 1 aliphatic heterocycles. The first-order valence-electron chi connectivity index (χ1n) is 9.84. The van der Waals surface area contributed by atoms with E-state index in [9.17, 15) is 0 Å². The van der Waals surface area contributed by atoms with Crippen LogP contribution in [0.3, 0.4) is 0 Å². The summed E-state index contributed by atoms with van der Waals surface area (Å²) in [4.78, 5) is 20.2. The maximum Gasteiger partial charge on any atom is 0.0870 e. The number of carbonyl (C=O) groups is 2. The number of rotatable bonds is 1. The molecule has 1 aliphatic carbocycles. The fourth-order valence-corrected chi connectivity index (χ4v) is 3.30. The van der Waals surface area contributed by atoms with Crippen molar-refractivity contribution >= 4 is 29.7 Å². The van der Waals surface area contributed by atoms with Gasteiger partial charge >= 0.3 is 0 Å². The SMILES string of the molecule is C(#CCN1CCOCC1)C=C1c2ccccc2C=Cc2ccccc21.O=C([O-])C(=O)[O-]. The number of carbonyl (C=O) groups excluding carboxylic acids is 2. The van der Waals surface area contributed by atoms with Crippen LogP contribution in [0.4, 0.5) is 0 Å². The zero-order valence-electron chi connectivity index (χ0n) is 16.9. The van der Waals surface area contributed by atoms with Crippen LogP contribution in [-0.2, 0) is 14.3 Å². The predicted molar refractivity (Wildman–Crippen MR) is 114 cm³/mol. The Balaban J connectivity index is 0.000000401. The van der Waals surface area contributed by atoms with Gasteiger partial charge in [-0.05, 0) is 33.9 Å². The summed E-state index contributed by atoms with van der Waals surface area (Å²) in [5.41, 5.74) is 6.15. The Hall–Kier alpha value is -3.66. The number of hydrogen-bond donors (Lipinski definition) is 0. The molecule has 2 aliphatic rings. The fraction of sp³-hybridized carbons (Fsp3) is 0.200. The van der Waals surface area contributed by atoms with E-state index in [0.29, 0.717) is 0 Å². The summed E-state index contributed by atoms with van der Waals surface area (Å²) in [6.07, 6.45) is 6.46. The van der Waals surface area contributed by atoms with Gasteiger partial charge in [0, 0.05) is 13.1 Å². The molecule has 2 aromatic rings. The molecule has 4 rings (SSSR count). The van der Waals surface area contributed by atoms with Crippen LogP contribution in [0.15, 0.2) is 54.6 Å². The fourth-order valence-electron chi connectivity index (χ4n) is 3.30. The third-order valence-electron chi connectivity index (χ3n) is 4.84. The summed E-state index contributed by atoms with van der Waals surface area (Å²) in [7, 11) is 0. The highest BCUT2D eigenvalue weighted by molar-refractivity contribution is 6.25. The van der Waals surface area contributed by atoms with Gasteiger partial charge in [0.25, 0.3) is 0 Å². The quantitative estimate of drug-likeness (QED) is 0.423. The lowest BCUT2D eigenvalue weighted by Crippen LogP contribution is -2.42. The molecule has 0 spiro atoms. The highest BCUT2D eigenvalue weighted by Gasteiger charge is 2.13. The van der Waals surface area contributed by atoms with Crippen LogP contribution in [0.5, 0.6) is 0 Å². The molecule has 6 nitrogen and oxygen atoms in total. The molecule has 31 heavy (non-hydrogen) atoms. The molecule has 0 N–H and O–H groups in total. The molecule has 2 aromatic carbocycles. The Morgan fingerprint density at radius 1 is 0.903 bits per heavy atom. The van der Waals surface area contributed by atoms with Crippen molar-refractivity contribution in [3.8, 4) is 11.8 Å². The van der Waals surface area contributed by atoms with E-state index in [1.165, 1.54) is 27.8 Å². The molecular weight excluding hydrogens is 394 g/mol. The Morgan fingerprint density at radius 2 is 1.42 bits per heavy atom. The van der Waals surface area contributed by atoms with Crippen molar-refractivity contribution < 1.29 is 24.5 Å². The van der Waals surface area contributed by atoms with Gasteiger partial charge in [-0.2, -0.15) is 0 Å². The van der Waals surface area contributed by atoms with Crippen LogP contribution in [0.1, 0.15) is 22.3 Å². The lowest BCUT2D eigenvalue weighted by atomic mass is 9.93. The van der Waals surface area contributed by atoms with Gasteiger partial charge in [-0.3, -0.25) is 4.90 Å². The zero-order chi connectivity index (χ0) is 22.1. The summed E-state index contributed by atoms with van der Waals surface area (Å²) in [6, 6.07) is 17.0. The smallest absolute Gasteiger partial charge is 0.0870 e. The standard InChI is InChI=1S/C23H21NO.C2H2O4/c1-3-9-21-19(7-1)12-13-20-8-2-4-10-22(20)23(21)11-5-6-14-24-15-17-25-18-16-24;3-1(4)2(5)6/h1-4,7-13H,14-18H2;(H,3,4)(H,5,6)/p-2. The average Bonchev–Trinajstić information content (AvgIpc) is 2.95. The molecule has 0 bridgehead atoms. The number of nitrogens with zero attached hydrogens (tertiary/aromatic N) is 1. The lowest BCUT2D eigenvalue weighted by Gasteiger charge is -2.24. The minimum absolute atomic E-state index is 0.800. The van der Waals surface area contributed by atoms with E-state index >= 15 is 0 Å². The van der Waals surface area contributed by atoms with E-state index in [4.69, 9.17) is 24.5 Å². The van der Waals surface area contributed by atoms with Gasteiger partial charge in [-0.1, -0.05) is 72.5 Å². The van der Waals surface area contributed by atoms with Gasteiger partial charge in [0.1, 0.15) is 0 Å². The number of hydrogen-bond acceptors (Lipinski definition) is 6. The average molecular weight is 415 g/mol. The molecule has 0 radical (unpaired) electrons. The van der Waals surface area contributed by atoms with Gasteiger partial charge in [0.05, 0.1) is 31.7 Å². The molecule has 1 saturated heterocycles. The number of allylic oxidation sites excluding steroid dienone is 1. The van der Waals surface area contributed by atoms with Crippen LogP contribution >= 0.6 is 0 Å². The summed E-state index contributed by atoms with van der Waals surface area (Å²) < 4.78 is 5.38. The van der Waals surface area contributed by atoms with Crippen molar-refractivity contribution in [1.82, 2.24) is 4.90 Å². The molecule has 1 heterocycles. The summed E-state index contributed by atoms with van der Waals surface area (Å²) in [5.74, 6) is 2.23. The second kappa shape index (κ2) is 10.9. The van der Waals surface area contributed by atoms with Crippen molar-refractivity contribution in [2.45, 2.75) is 0 Å². The normalized spacial score (nSPS) is 14.5. The van der Waals surface area contributed by atoms with E-state index in [1.54, 1.807) is 0 Å². The van der Waals surface area contributed by atoms with Gasteiger partial charge < -0.3 is 24.5 Å². The highest BCUT2D eigenvalue weighted by atomic mass is 16.5. The monoisotopic (exact) mass is 415 g/mol. The lowest BCUT2D eigenvalue weighted by molar-refractivity contribution is -0.345. The van der Waals surface area contributed by atoms with E-state index in [2.05, 4.69) is 83.5 Å².